The van der Waals surface area contributed by atoms with Crippen LogP contribution >= 0.6 is 0 Å². The average Bonchev–Trinajstić information content (AvgIpc) is 3.39. The molecule has 2 aromatic rings. The van der Waals surface area contributed by atoms with Crippen molar-refractivity contribution in [3.63, 3.8) is 0 Å². The van der Waals surface area contributed by atoms with Crippen LogP contribution in [0.5, 0.6) is 11.5 Å². The van der Waals surface area contributed by atoms with Crippen molar-refractivity contribution in [2.24, 2.45) is 0 Å². The Kier molecular flexibility index (Phi) is 9.73. The van der Waals surface area contributed by atoms with E-state index in [9.17, 15) is 18.0 Å². The number of benzene rings is 2. The van der Waals surface area contributed by atoms with Gasteiger partial charge >= 0.3 is 6.09 Å². The van der Waals surface area contributed by atoms with Gasteiger partial charge in [-0.05, 0) is 31.0 Å². The van der Waals surface area contributed by atoms with Crippen LogP contribution in [0.3, 0.4) is 0 Å². The normalized spacial score (nSPS) is 15.5. The molecule has 1 saturated heterocycles. The molecule has 1 aliphatic heterocycles. The predicted octanol–water partition coefficient (Wildman–Crippen LogP) is 2.95. The van der Waals surface area contributed by atoms with E-state index in [1.807, 2.05) is 0 Å². The molecule has 12 heteroatoms. The molecule has 1 N–H and O–H groups in total. The van der Waals surface area contributed by atoms with Crippen LogP contribution in [0.4, 0.5) is 10.5 Å². The van der Waals surface area contributed by atoms with Gasteiger partial charge in [-0.25, -0.2) is 13.2 Å². The van der Waals surface area contributed by atoms with Crippen molar-refractivity contribution in [3.8, 4) is 11.5 Å². The van der Waals surface area contributed by atoms with Gasteiger partial charge in [-0.3, -0.25) is 10.1 Å². The summed E-state index contributed by atoms with van der Waals surface area (Å²) in [6.45, 7) is 0.0967. The predicted molar refractivity (Wildman–Crippen MR) is 135 cm³/mol. The molecule has 11 nitrogen and oxygen atoms in total. The van der Waals surface area contributed by atoms with Crippen LogP contribution in [0.25, 0.3) is 0 Å². The number of amides is 2. The largest absolute Gasteiger partial charge is 0.493 e. The molecule has 0 aliphatic carbocycles. The van der Waals surface area contributed by atoms with Gasteiger partial charge in [0.05, 0.1) is 42.2 Å². The Morgan fingerprint density at radius 3 is 2.30 bits per heavy atom. The minimum absolute atomic E-state index is 0.121. The second-order valence-corrected chi connectivity index (χ2v) is 10.3. The van der Waals surface area contributed by atoms with E-state index in [-0.39, 0.29) is 40.5 Å². The lowest BCUT2D eigenvalue weighted by molar-refractivity contribution is -0.134. The lowest BCUT2D eigenvalue weighted by Crippen LogP contribution is -2.44. The Morgan fingerprint density at radius 2 is 1.68 bits per heavy atom. The zero-order valence-corrected chi connectivity index (χ0v) is 22.1. The highest BCUT2D eigenvalue weighted by Gasteiger charge is 2.37. The molecular formula is C25H32N2O9S. The molecular weight excluding hydrogens is 504 g/mol. The number of carbonyl (C=O) groups is 2. The highest BCUT2D eigenvalue weighted by Crippen LogP contribution is 2.35. The molecule has 2 amide bonds. The van der Waals surface area contributed by atoms with Crippen LogP contribution in [0.2, 0.25) is 0 Å². The van der Waals surface area contributed by atoms with Crippen LogP contribution in [0.1, 0.15) is 23.2 Å². The summed E-state index contributed by atoms with van der Waals surface area (Å²) in [5, 5.41) is 2.54. The van der Waals surface area contributed by atoms with E-state index in [1.54, 1.807) is 23.1 Å². The van der Waals surface area contributed by atoms with E-state index >= 15 is 0 Å². The van der Waals surface area contributed by atoms with Gasteiger partial charge in [0.2, 0.25) is 0 Å². The maximum Gasteiger partial charge on any atom is 0.411 e. The number of anilines is 1. The highest BCUT2D eigenvalue weighted by molar-refractivity contribution is 7.91. The summed E-state index contributed by atoms with van der Waals surface area (Å²) in [5.41, 5.74) is 0.264. The van der Waals surface area contributed by atoms with E-state index < -0.39 is 28.0 Å². The van der Waals surface area contributed by atoms with Gasteiger partial charge in [0.1, 0.15) is 6.61 Å². The Labute approximate surface area is 216 Å². The van der Waals surface area contributed by atoms with Gasteiger partial charge in [-0.1, -0.05) is 18.2 Å². The standard InChI is InChI=1S/C25H32N2O9S/c1-32-21-15-18(23(28)27-12-8-11-20(27)24(34-3)35-4)19(16-22(21)33-2)26-25(29)36-13-14-37(30,31)17-9-6-5-7-10-17/h5-7,9-10,15-16,20,24H,8,11-14H2,1-4H3,(H,26,29)/t20-/m0/s1. The molecule has 0 unspecified atom stereocenters. The number of sulfone groups is 1. The number of hydrogen-bond donors (Lipinski definition) is 1. The number of methoxy groups -OCH3 is 4. The first kappa shape index (κ1) is 28.2. The first-order valence-electron chi connectivity index (χ1n) is 11.6. The summed E-state index contributed by atoms with van der Waals surface area (Å²) in [7, 11) is 2.25. The number of nitrogens with zero attached hydrogens (tertiary/aromatic N) is 1. The number of ether oxygens (including phenoxy) is 5. The van der Waals surface area contributed by atoms with Crippen molar-refractivity contribution < 1.29 is 41.7 Å². The van der Waals surface area contributed by atoms with E-state index in [2.05, 4.69) is 5.32 Å². The third-order valence-corrected chi connectivity index (χ3v) is 7.71. The number of carbonyl (C=O) groups excluding carboxylic acids is 2. The van der Waals surface area contributed by atoms with Gasteiger partial charge in [-0.15, -0.1) is 0 Å². The fourth-order valence-electron chi connectivity index (χ4n) is 4.19. The first-order valence-corrected chi connectivity index (χ1v) is 13.2. The maximum atomic E-state index is 13.6. The third-order valence-electron chi connectivity index (χ3n) is 6.02. The van der Waals surface area contributed by atoms with Crippen LogP contribution in [-0.4, -0.2) is 85.0 Å². The number of likely N-dealkylation sites (tertiary alicyclic amines) is 1. The minimum Gasteiger partial charge on any atom is -0.493 e. The average molecular weight is 537 g/mol. The summed E-state index contributed by atoms with van der Waals surface area (Å²) < 4.78 is 51.4. The second kappa shape index (κ2) is 12.7. The Bertz CT molecular complexity index is 1180. The van der Waals surface area contributed by atoms with Crippen molar-refractivity contribution in [1.29, 1.82) is 0 Å². The van der Waals surface area contributed by atoms with Gasteiger partial charge in [0.25, 0.3) is 5.91 Å². The van der Waals surface area contributed by atoms with Crippen molar-refractivity contribution in [2.75, 3.05) is 52.7 Å². The van der Waals surface area contributed by atoms with Crippen LogP contribution in [-0.2, 0) is 24.0 Å². The maximum absolute atomic E-state index is 13.6. The fourth-order valence-corrected chi connectivity index (χ4v) is 5.30. The monoisotopic (exact) mass is 536 g/mol. The summed E-state index contributed by atoms with van der Waals surface area (Å²) in [6.07, 6.45) is -0.0895. The second-order valence-electron chi connectivity index (χ2n) is 8.19. The molecule has 2 aromatic carbocycles. The molecule has 1 fully saturated rings. The number of hydrogen-bond acceptors (Lipinski definition) is 9. The van der Waals surface area contributed by atoms with E-state index in [0.29, 0.717) is 18.7 Å². The summed E-state index contributed by atoms with van der Waals surface area (Å²) >= 11 is 0. The van der Waals surface area contributed by atoms with Crippen LogP contribution < -0.4 is 14.8 Å². The van der Waals surface area contributed by atoms with Crippen molar-refractivity contribution in [3.05, 3.63) is 48.0 Å². The van der Waals surface area contributed by atoms with Gasteiger partial charge in [0.15, 0.2) is 27.6 Å². The topological polar surface area (TPSA) is 130 Å². The van der Waals surface area contributed by atoms with Crippen molar-refractivity contribution in [1.82, 2.24) is 4.90 Å². The van der Waals surface area contributed by atoms with E-state index in [1.165, 1.54) is 52.7 Å². The van der Waals surface area contributed by atoms with E-state index in [4.69, 9.17) is 23.7 Å². The molecule has 3 rings (SSSR count). The summed E-state index contributed by atoms with van der Waals surface area (Å²) in [6, 6.07) is 10.5. The van der Waals surface area contributed by atoms with E-state index in [0.717, 1.165) is 6.42 Å². The zero-order chi connectivity index (χ0) is 27.0. The van der Waals surface area contributed by atoms with Crippen molar-refractivity contribution >= 4 is 27.5 Å². The molecule has 0 bridgehead atoms. The van der Waals surface area contributed by atoms with Crippen LogP contribution in [0, 0.1) is 0 Å². The molecule has 1 heterocycles. The van der Waals surface area contributed by atoms with Crippen molar-refractivity contribution in [2.45, 2.75) is 30.1 Å². The molecule has 0 aromatic heterocycles. The Balaban J connectivity index is 1.79. The summed E-state index contributed by atoms with van der Waals surface area (Å²) in [4.78, 5) is 28.0. The van der Waals surface area contributed by atoms with Gasteiger partial charge in [0, 0.05) is 26.8 Å². The Hall–Kier alpha value is -3.35. The molecule has 0 radical (unpaired) electrons. The number of nitrogens with one attached hydrogen (secondary N) is 1. The Morgan fingerprint density at radius 1 is 1.03 bits per heavy atom. The molecule has 37 heavy (non-hydrogen) atoms. The summed E-state index contributed by atoms with van der Waals surface area (Å²) in [5.74, 6) is -0.188. The SMILES string of the molecule is COc1cc(NC(=O)OCCS(=O)(=O)c2ccccc2)c(C(=O)N2CCC[C@H]2C(OC)OC)cc1OC. The quantitative estimate of drug-likeness (QED) is 0.431. The fraction of sp³-hybridized carbons (Fsp3) is 0.440. The molecule has 202 valence electrons. The minimum atomic E-state index is -3.63. The highest BCUT2D eigenvalue weighted by atomic mass is 32.2. The molecule has 0 saturated carbocycles. The lowest BCUT2D eigenvalue weighted by atomic mass is 10.1. The zero-order valence-electron chi connectivity index (χ0n) is 21.3. The van der Waals surface area contributed by atoms with Crippen LogP contribution in [0.15, 0.2) is 47.4 Å². The molecule has 1 atom stereocenters. The number of rotatable bonds is 11. The smallest absolute Gasteiger partial charge is 0.411 e. The van der Waals surface area contributed by atoms with Gasteiger partial charge in [-0.2, -0.15) is 0 Å². The molecule has 0 spiro atoms. The third kappa shape index (κ3) is 6.70. The lowest BCUT2D eigenvalue weighted by Gasteiger charge is -2.30. The van der Waals surface area contributed by atoms with Gasteiger partial charge < -0.3 is 28.6 Å². The first-order chi connectivity index (χ1) is 17.7. The molecule has 1 aliphatic rings.